The van der Waals surface area contributed by atoms with Crippen molar-refractivity contribution >= 4 is 5.69 Å². The van der Waals surface area contributed by atoms with Crippen LogP contribution in [0, 0.1) is 11.3 Å². The minimum Gasteiger partial charge on any atom is -0.389 e. The van der Waals surface area contributed by atoms with Gasteiger partial charge in [0.1, 0.15) is 0 Å². The van der Waals surface area contributed by atoms with Crippen molar-refractivity contribution in [3.05, 3.63) is 29.8 Å². The number of aliphatic hydroxyl groups is 1. The summed E-state index contributed by atoms with van der Waals surface area (Å²) >= 11 is 0. The second kappa shape index (κ2) is 11.1. The average molecular weight is 292 g/mol. The first-order chi connectivity index (χ1) is 10.3. The molecule has 0 heterocycles. The zero-order valence-electron chi connectivity index (χ0n) is 12.5. The number of hydrogen-bond acceptors (Lipinski definition) is 5. The number of ether oxygens (including phenoxy) is 2. The summed E-state index contributed by atoms with van der Waals surface area (Å²) in [5.41, 5.74) is 1.41. The molecule has 0 aromatic heterocycles. The molecule has 1 aromatic rings. The Morgan fingerprint density at radius 3 is 2.86 bits per heavy atom. The van der Waals surface area contributed by atoms with Crippen LogP contribution in [0.4, 0.5) is 5.69 Å². The quantitative estimate of drug-likeness (QED) is 0.611. The van der Waals surface area contributed by atoms with Crippen molar-refractivity contribution in [3.8, 4) is 6.07 Å². The van der Waals surface area contributed by atoms with Gasteiger partial charge in [0.05, 0.1) is 37.6 Å². The van der Waals surface area contributed by atoms with Gasteiger partial charge in [0, 0.05) is 18.8 Å². The zero-order valence-corrected chi connectivity index (χ0v) is 12.5. The van der Waals surface area contributed by atoms with Gasteiger partial charge in [0.15, 0.2) is 0 Å². The summed E-state index contributed by atoms with van der Waals surface area (Å²) < 4.78 is 10.7. The first-order valence-corrected chi connectivity index (χ1v) is 7.34. The second-order valence-corrected chi connectivity index (χ2v) is 4.77. The fraction of sp³-hybridized carbons (Fsp3) is 0.562. The molecule has 1 rings (SSSR count). The summed E-state index contributed by atoms with van der Waals surface area (Å²) in [5, 5.41) is 21.7. The van der Waals surface area contributed by atoms with Crippen molar-refractivity contribution < 1.29 is 14.6 Å². The molecule has 0 fully saturated rings. The summed E-state index contributed by atoms with van der Waals surface area (Å²) in [4.78, 5) is 0. The molecule has 0 aliphatic carbocycles. The predicted octanol–water partition coefficient (Wildman–Crippen LogP) is 2.16. The molecule has 0 saturated heterocycles. The Morgan fingerprint density at radius 2 is 2.10 bits per heavy atom. The van der Waals surface area contributed by atoms with Crippen LogP contribution in [0.1, 0.15) is 25.3 Å². The molecule has 1 atom stereocenters. The maximum Gasteiger partial charge on any atom is 0.0992 e. The molecule has 0 bridgehead atoms. The lowest BCUT2D eigenvalue weighted by molar-refractivity contribution is 0.00749. The molecule has 21 heavy (non-hydrogen) atoms. The third-order valence-electron chi connectivity index (χ3n) is 2.86. The van der Waals surface area contributed by atoms with E-state index < -0.39 is 6.10 Å². The van der Waals surface area contributed by atoms with Crippen molar-refractivity contribution in [2.75, 3.05) is 38.3 Å². The van der Waals surface area contributed by atoms with E-state index in [1.54, 1.807) is 18.2 Å². The van der Waals surface area contributed by atoms with E-state index in [2.05, 4.69) is 18.3 Å². The first kappa shape index (κ1) is 17.4. The summed E-state index contributed by atoms with van der Waals surface area (Å²) in [6, 6.07) is 9.22. The average Bonchev–Trinajstić information content (AvgIpc) is 2.52. The number of rotatable bonds is 11. The van der Waals surface area contributed by atoms with Crippen LogP contribution in [-0.2, 0) is 9.47 Å². The van der Waals surface area contributed by atoms with Gasteiger partial charge in [-0.05, 0) is 24.6 Å². The zero-order chi connectivity index (χ0) is 15.3. The molecule has 0 saturated carbocycles. The Bertz CT molecular complexity index is 432. The highest BCUT2D eigenvalue weighted by Gasteiger charge is 2.04. The fourth-order valence-electron chi connectivity index (χ4n) is 1.68. The van der Waals surface area contributed by atoms with Crippen LogP contribution < -0.4 is 5.32 Å². The summed E-state index contributed by atoms with van der Waals surface area (Å²) in [6.45, 7) is 4.58. The molecule has 0 aliphatic rings. The maximum absolute atomic E-state index is 9.78. The second-order valence-electron chi connectivity index (χ2n) is 4.77. The number of anilines is 1. The Hall–Kier alpha value is -1.61. The Labute approximate surface area is 126 Å². The first-order valence-electron chi connectivity index (χ1n) is 7.34. The SMILES string of the molecule is CCCCOCCOCC(O)CNc1cccc(C#N)c1. The van der Waals surface area contributed by atoms with E-state index in [1.165, 1.54) is 0 Å². The number of nitriles is 1. The van der Waals surface area contributed by atoms with Crippen molar-refractivity contribution in [1.29, 1.82) is 5.26 Å². The van der Waals surface area contributed by atoms with Crippen LogP contribution in [0.25, 0.3) is 0 Å². The third kappa shape index (κ3) is 8.30. The minimum atomic E-state index is -0.591. The lowest BCUT2D eigenvalue weighted by Gasteiger charge is -2.13. The smallest absolute Gasteiger partial charge is 0.0992 e. The summed E-state index contributed by atoms with van der Waals surface area (Å²) in [5.74, 6) is 0. The number of hydrogen-bond donors (Lipinski definition) is 2. The summed E-state index contributed by atoms with van der Waals surface area (Å²) in [7, 11) is 0. The molecule has 2 N–H and O–H groups in total. The standard InChI is InChI=1S/C16H24N2O3/c1-2-3-7-20-8-9-21-13-16(19)12-18-15-6-4-5-14(10-15)11-17/h4-6,10,16,18-19H,2-3,7-9,12-13H2,1H3. The van der Waals surface area contributed by atoms with Crippen LogP contribution in [0.5, 0.6) is 0 Å². The molecule has 5 nitrogen and oxygen atoms in total. The topological polar surface area (TPSA) is 74.5 Å². The lowest BCUT2D eigenvalue weighted by Crippen LogP contribution is -2.25. The van der Waals surface area contributed by atoms with Crippen molar-refractivity contribution in [3.63, 3.8) is 0 Å². The Kier molecular flexibility index (Phi) is 9.21. The van der Waals surface area contributed by atoms with E-state index in [4.69, 9.17) is 14.7 Å². The molecule has 1 aromatic carbocycles. The van der Waals surface area contributed by atoms with E-state index in [0.29, 0.717) is 25.3 Å². The van der Waals surface area contributed by atoms with E-state index in [-0.39, 0.29) is 6.61 Å². The molecule has 0 spiro atoms. The van der Waals surface area contributed by atoms with Gasteiger partial charge in [-0.3, -0.25) is 0 Å². The number of benzene rings is 1. The molecule has 1 unspecified atom stereocenters. The highest BCUT2D eigenvalue weighted by Crippen LogP contribution is 2.09. The largest absolute Gasteiger partial charge is 0.389 e. The van der Waals surface area contributed by atoms with Crippen LogP contribution in [0.3, 0.4) is 0 Å². The fourth-order valence-corrected chi connectivity index (χ4v) is 1.68. The molecule has 0 radical (unpaired) electrons. The summed E-state index contributed by atoms with van der Waals surface area (Å²) in [6.07, 6.45) is 1.60. The van der Waals surface area contributed by atoms with Crippen LogP contribution in [-0.4, -0.2) is 44.2 Å². The lowest BCUT2D eigenvalue weighted by atomic mass is 10.2. The minimum absolute atomic E-state index is 0.266. The van der Waals surface area contributed by atoms with Gasteiger partial charge in [0.25, 0.3) is 0 Å². The number of nitrogens with one attached hydrogen (secondary N) is 1. The molecule has 5 heteroatoms. The number of aliphatic hydroxyl groups excluding tert-OH is 1. The van der Waals surface area contributed by atoms with Crippen molar-refractivity contribution in [1.82, 2.24) is 0 Å². The Balaban J connectivity index is 2.08. The highest BCUT2D eigenvalue weighted by molar-refractivity contribution is 5.49. The van der Waals surface area contributed by atoms with Crippen LogP contribution in [0.2, 0.25) is 0 Å². The van der Waals surface area contributed by atoms with Crippen molar-refractivity contribution in [2.24, 2.45) is 0 Å². The number of nitrogens with zero attached hydrogens (tertiary/aromatic N) is 1. The van der Waals surface area contributed by atoms with Gasteiger partial charge < -0.3 is 19.9 Å². The van der Waals surface area contributed by atoms with Crippen LogP contribution >= 0.6 is 0 Å². The molecule has 0 aliphatic heterocycles. The molecule has 0 amide bonds. The van der Waals surface area contributed by atoms with Gasteiger partial charge >= 0.3 is 0 Å². The molecular weight excluding hydrogens is 268 g/mol. The molecular formula is C16H24N2O3. The van der Waals surface area contributed by atoms with Gasteiger partial charge in [-0.15, -0.1) is 0 Å². The molecule has 116 valence electrons. The maximum atomic E-state index is 9.78. The van der Waals surface area contributed by atoms with E-state index >= 15 is 0 Å². The normalized spacial score (nSPS) is 11.9. The van der Waals surface area contributed by atoms with Gasteiger partial charge in [-0.25, -0.2) is 0 Å². The monoisotopic (exact) mass is 292 g/mol. The van der Waals surface area contributed by atoms with E-state index in [1.807, 2.05) is 6.07 Å². The van der Waals surface area contributed by atoms with Gasteiger partial charge in [0.2, 0.25) is 0 Å². The highest BCUT2D eigenvalue weighted by atomic mass is 16.5. The van der Waals surface area contributed by atoms with Crippen molar-refractivity contribution in [2.45, 2.75) is 25.9 Å². The van der Waals surface area contributed by atoms with E-state index in [0.717, 1.165) is 25.1 Å². The van der Waals surface area contributed by atoms with Gasteiger partial charge in [-0.2, -0.15) is 5.26 Å². The number of unbranched alkanes of at least 4 members (excludes halogenated alkanes) is 1. The third-order valence-corrected chi connectivity index (χ3v) is 2.86. The van der Waals surface area contributed by atoms with Gasteiger partial charge in [-0.1, -0.05) is 19.4 Å². The predicted molar refractivity (Wildman–Crippen MR) is 82.2 cm³/mol. The van der Waals surface area contributed by atoms with Crippen LogP contribution in [0.15, 0.2) is 24.3 Å². The van der Waals surface area contributed by atoms with E-state index in [9.17, 15) is 5.11 Å². The Morgan fingerprint density at radius 1 is 1.29 bits per heavy atom.